The van der Waals surface area contributed by atoms with Crippen molar-refractivity contribution in [2.75, 3.05) is 7.11 Å². The van der Waals surface area contributed by atoms with Crippen LogP contribution in [-0.4, -0.2) is 18.3 Å². The van der Waals surface area contributed by atoms with Crippen LogP contribution in [0, 0.1) is 5.82 Å². The highest BCUT2D eigenvalue weighted by Gasteiger charge is 2.16. The maximum atomic E-state index is 12.8. The Hall–Kier alpha value is -2.40. The lowest BCUT2D eigenvalue weighted by Gasteiger charge is -2.19. The minimum atomic E-state index is -0.664. The van der Waals surface area contributed by atoms with Crippen LogP contribution in [0.2, 0.25) is 0 Å². The fraction of sp³-hybridized carbons (Fsp3) is 0.133. The number of hydroxylamine groups is 2. The van der Waals surface area contributed by atoms with Crippen molar-refractivity contribution in [3.05, 3.63) is 66.0 Å². The Kier molecular flexibility index (Phi) is 4.68. The van der Waals surface area contributed by atoms with Crippen LogP contribution in [0.3, 0.4) is 0 Å². The van der Waals surface area contributed by atoms with Crippen LogP contribution in [0.15, 0.2) is 54.6 Å². The van der Waals surface area contributed by atoms with E-state index in [4.69, 9.17) is 9.57 Å². The largest absolute Gasteiger partial charge is 0.439 e. The zero-order valence-corrected chi connectivity index (χ0v) is 11.0. The second-order valence-corrected chi connectivity index (χ2v) is 4.03. The van der Waals surface area contributed by atoms with Crippen LogP contribution in [0.25, 0.3) is 0 Å². The van der Waals surface area contributed by atoms with Gasteiger partial charge in [0, 0.05) is 0 Å². The second kappa shape index (κ2) is 6.68. The molecule has 2 aromatic carbocycles. The van der Waals surface area contributed by atoms with Crippen LogP contribution in [-0.2, 0) is 11.4 Å². The molecule has 104 valence electrons. The molecule has 0 aromatic heterocycles. The number of hydrogen-bond donors (Lipinski definition) is 0. The van der Waals surface area contributed by atoms with E-state index in [1.165, 1.54) is 31.4 Å². The first-order chi connectivity index (χ1) is 9.69. The van der Waals surface area contributed by atoms with Gasteiger partial charge in [0.1, 0.15) is 11.6 Å². The standard InChI is InChI=1S/C15H14FNO3/c1-19-17(11-12-5-3-2-4-6-12)15(18)20-14-9-7-13(16)8-10-14/h2-10H,11H2,1H3. The fourth-order valence-corrected chi connectivity index (χ4v) is 1.61. The smallest absolute Gasteiger partial charge is 0.409 e. The van der Waals surface area contributed by atoms with Gasteiger partial charge in [-0.05, 0) is 29.8 Å². The van der Waals surface area contributed by atoms with E-state index >= 15 is 0 Å². The summed E-state index contributed by atoms with van der Waals surface area (Å²) in [5.74, 6) is -0.135. The van der Waals surface area contributed by atoms with Crippen molar-refractivity contribution in [3.8, 4) is 5.75 Å². The van der Waals surface area contributed by atoms with Crippen molar-refractivity contribution in [2.24, 2.45) is 0 Å². The number of carbonyl (C=O) groups is 1. The molecule has 0 saturated heterocycles. The summed E-state index contributed by atoms with van der Waals surface area (Å²) in [7, 11) is 1.38. The summed E-state index contributed by atoms with van der Waals surface area (Å²) in [6.45, 7) is 0.261. The average molecular weight is 275 g/mol. The predicted molar refractivity (Wildman–Crippen MR) is 71.4 cm³/mol. The van der Waals surface area contributed by atoms with E-state index in [1.54, 1.807) is 0 Å². The van der Waals surface area contributed by atoms with Crippen molar-refractivity contribution >= 4 is 6.09 Å². The number of amides is 1. The van der Waals surface area contributed by atoms with E-state index in [1.807, 2.05) is 30.3 Å². The molecule has 2 rings (SSSR count). The van der Waals surface area contributed by atoms with Gasteiger partial charge in [-0.15, -0.1) is 0 Å². The highest BCUT2D eigenvalue weighted by Crippen LogP contribution is 2.13. The zero-order chi connectivity index (χ0) is 14.4. The van der Waals surface area contributed by atoms with Crippen LogP contribution in [0.4, 0.5) is 9.18 Å². The number of hydrogen-bond acceptors (Lipinski definition) is 3. The molecule has 4 nitrogen and oxygen atoms in total. The monoisotopic (exact) mass is 275 g/mol. The molecule has 0 aliphatic carbocycles. The number of benzene rings is 2. The Morgan fingerprint density at radius 3 is 2.35 bits per heavy atom. The van der Waals surface area contributed by atoms with E-state index in [9.17, 15) is 9.18 Å². The third-order valence-corrected chi connectivity index (χ3v) is 2.61. The van der Waals surface area contributed by atoms with E-state index in [0.717, 1.165) is 10.6 Å². The van der Waals surface area contributed by atoms with E-state index in [2.05, 4.69) is 0 Å². The number of halogens is 1. The highest BCUT2D eigenvalue weighted by molar-refractivity contribution is 5.69. The normalized spacial score (nSPS) is 10.1. The van der Waals surface area contributed by atoms with Gasteiger partial charge in [-0.3, -0.25) is 4.84 Å². The van der Waals surface area contributed by atoms with Crippen molar-refractivity contribution in [3.63, 3.8) is 0 Å². The highest BCUT2D eigenvalue weighted by atomic mass is 19.1. The molecule has 0 N–H and O–H groups in total. The number of ether oxygens (including phenoxy) is 1. The fourth-order valence-electron chi connectivity index (χ4n) is 1.61. The summed E-state index contributed by atoms with van der Waals surface area (Å²) in [6, 6.07) is 14.6. The third-order valence-electron chi connectivity index (χ3n) is 2.61. The predicted octanol–water partition coefficient (Wildman–Crippen LogP) is 3.39. The maximum Gasteiger partial charge on any atom is 0.439 e. The summed E-state index contributed by atoms with van der Waals surface area (Å²) in [5, 5.41) is 1.08. The summed E-state index contributed by atoms with van der Waals surface area (Å²) in [6.07, 6.45) is -0.664. The molecule has 0 fully saturated rings. The van der Waals surface area contributed by atoms with Crippen molar-refractivity contribution in [2.45, 2.75) is 6.54 Å². The molecule has 0 bridgehead atoms. The lowest BCUT2D eigenvalue weighted by Crippen LogP contribution is -2.32. The lowest BCUT2D eigenvalue weighted by atomic mass is 10.2. The summed E-state index contributed by atoms with van der Waals surface area (Å²) in [4.78, 5) is 16.9. The summed E-state index contributed by atoms with van der Waals surface area (Å²) >= 11 is 0. The van der Waals surface area contributed by atoms with Gasteiger partial charge in [0.15, 0.2) is 0 Å². The summed E-state index contributed by atoms with van der Waals surface area (Å²) in [5.41, 5.74) is 0.908. The molecular formula is C15H14FNO3. The molecule has 20 heavy (non-hydrogen) atoms. The van der Waals surface area contributed by atoms with Crippen LogP contribution in [0.1, 0.15) is 5.56 Å². The van der Waals surface area contributed by atoms with Gasteiger partial charge in [0.2, 0.25) is 0 Å². The number of nitrogens with zero attached hydrogens (tertiary/aromatic N) is 1. The molecule has 5 heteroatoms. The first-order valence-corrected chi connectivity index (χ1v) is 6.02. The molecule has 0 atom stereocenters. The number of carbonyl (C=O) groups excluding carboxylic acids is 1. The molecule has 0 heterocycles. The van der Waals surface area contributed by atoms with Crippen molar-refractivity contribution < 1.29 is 18.8 Å². The van der Waals surface area contributed by atoms with Gasteiger partial charge >= 0.3 is 6.09 Å². The average Bonchev–Trinajstić information content (AvgIpc) is 2.48. The van der Waals surface area contributed by atoms with E-state index < -0.39 is 11.9 Å². The van der Waals surface area contributed by atoms with Crippen molar-refractivity contribution in [1.82, 2.24) is 5.06 Å². The molecule has 0 radical (unpaired) electrons. The minimum Gasteiger partial charge on any atom is -0.409 e. The zero-order valence-electron chi connectivity index (χ0n) is 11.0. The van der Waals surface area contributed by atoms with Crippen LogP contribution in [0.5, 0.6) is 5.75 Å². The molecule has 0 saturated carbocycles. The van der Waals surface area contributed by atoms with Gasteiger partial charge in [0.25, 0.3) is 0 Å². The Balaban J connectivity index is 2.00. The van der Waals surface area contributed by atoms with Crippen molar-refractivity contribution in [1.29, 1.82) is 0 Å². The topological polar surface area (TPSA) is 38.8 Å². The Morgan fingerprint density at radius 1 is 1.10 bits per heavy atom. The first-order valence-electron chi connectivity index (χ1n) is 6.02. The molecule has 0 unspecified atom stereocenters. The molecule has 2 aromatic rings. The molecule has 0 spiro atoms. The van der Waals surface area contributed by atoms with Gasteiger partial charge < -0.3 is 4.74 Å². The Morgan fingerprint density at radius 2 is 1.75 bits per heavy atom. The first kappa shape index (κ1) is 14.0. The lowest BCUT2D eigenvalue weighted by molar-refractivity contribution is -0.106. The van der Waals surface area contributed by atoms with Crippen LogP contribution < -0.4 is 4.74 Å². The van der Waals surface area contributed by atoms with E-state index in [-0.39, 0.29) is 12.3 Å². The van der Waals surface area contributed by atoms with E-state index in [0.29, 0.717) is 0 Å². The molecule has 0 aliphatic heterocycles. The van der Waals surface area contributed by atoms with Gasteiger partial charge in [-0.1, -0.05) is 30.3 Å². The second-order valence-electron chi connectivity index (χ2n) is 4.03. The quantitative estimate of drug-likeness (QED) is 0.803. The molecule has 0 aliphatic rings. The maximum absolute atomic E-state index is 12.8. The van der Waals surface area contributed by atoms with Gasteiger partial charge in [0.05, 0.1) is 13.7 Å². The SMILES string of the molecule is CON(Cc1ccccc1)C(=O)Oc1ccc(F)cc1. The summed E-state index contributed by atoms with van der Waals surface area (Å²) < 4.78 is 17.9. The van der Waals surface area contributed by atoms with Gasteiger partial charge in [-0.25, -0.2) is 9.18 Å². The molecule has 1 amide bonds. The Labute approximate surface area is 116 Å². The Bertz CT molecular complexity index is 557. The third kappa shape index (κ3) is 3.80. The molecular weight excluding hydrogens is 261 g/mol. The minimum absolute atomic E-state index is 0.256. The van der Waals surface area contributed by atoms with Gasteiger partial charge in [-0.2, -0.15) is 5.06 Å². The number of rotatable bonds is 4. The van der Waals surface area contributed by atoms with Crippen LogP contribution >= 0.6 is 0 Å².